The topological polar surface area (TPSA) is 39.2 Å². The minimum absolute atomic E-state index is 0.0186. The van der Waals surface area contributed by atoms with Gasteiger partial charge in [0.15, 0.2) is 5.78 Å². The second kappa shape index (κ2) is 5.42. The van der Waals surface area contributed by atoms with Gasteiger partial charge in [-0.2, -0.15) is 0 Å². The third kappa shape index (κ3) is 3.38. The van der Waals surface area contributed by atoms with E-state index in [1.165, 1.54) is 18.3 Å². The molecule has 3 nitrogen and oxygen atoms in total. The quantitative estimate of drug-likeness (QED) is 0.808. The van der Waals surface area contributed by atoms with Crippen LogP contribution in [0.2, 0.25) is 0 Å². The minimum Gasteiger partial charge on any atom is -0.486 e. The van der Waals surface area contributed by atoms with Crippen LogP contribution in [0.1, 0.15) is 22.4 Å². The second-order valence-corrected chi connectivity index (χ2v) is 5.29. The van der Waals surface area contributed by atoms with Crippen molar-refractivity contribution in [3.8, 4) is 5.75 Å². The van der Waals surface area contributed by atoms with Crippen LogP contribution in [-0.2, 0) is 6.61 Å². The van der Waals surface area contributed by atoms with Gasteiger partial charge in [0.25, 0.3) is 0 Å². The molecule has 2 aromatic rings. The SMILES string of the molecule is CC(=O)c1csc(COc2cccc(Br)c2)n1. The zero-order chi connectivity index (χ0) is 12.3. The molecular weight excluding hydrogens is 302 g/mol. The van der Waals surface area contributed by atoms with Gasteiger partial charge in [-0.3, -0.25) is 4.79 Å². The maximum absolute atomic E-state index is 11.1. The summed E-state index contributed by atoms with van der Waals surface area (Å²) >= 11 is 4.81. The first kappa shape index (κ1) is 12.3. The molecule has 0 radical (unpaired) electrons. The third-order valence-electron chi connectivity index (χ3n) is 2.07. The molecule has 5 heteroatoms. The van der Waals surface area contributed by atoms with Crippen molar-refractivity contribution in [1.29, 1.82) is 0 Å². The fraction of sp³-hybridized carbons (Fsp3) is 0.167. The van der Waals surface area contributed by atoms with Gasteiger partial charge < -0.3 is 4.74 Å². The molecule has 0 N–H and O–H groups in total. The van der Waals surface area contributed by atoms with Crippen LogP contribution in [0.15, 0.2) is 34.1 Å². The van der Waals surface area contributed by atoms with Crippen LogP contribution in [0.25, 0.3) is 0 Å². The van der Waals surface area contributed by atoms with E-state index in [0.717, 1.165) is 15.2 Å². The molecule has 1 heterocycles. The molecular formula is C12H10BrNO2S. The zero-order valence-electron chi connectivity index (χ0n) is 9.14. The number of benzene rings is 1. The average Bonchev–Trinajstić information content (AvgIpc) is 2.75. The molecule has 0 amide bonds. The van der Waals surface area contributed by atoms with Gasteiger partial charge in [0.1, 0.15) is 23.1 Å². The summed E-state index contributed by atoms with van der Waals surface area (Å²) in [4.78, 5) is 15.3. The van der Waals surface area contributed by atoms with E-state index in [2.05, 4.69) is 20.9 Å². The van der Waals surface area contributed by atoms with E-state index in [9.17, 15) is 4.79 Å². The number of carbonyl (C=O) groups is 1. The highest BCUT2D eigenvalue weighted by atomic mass is 79.9. The second-order valence-electron chi connectivity index (χ2n) is 3.43. The lowest BCUT2D eigenvalue weighted by Crippen LogP contribution is -1.97. The Labute approximate surface area is 112 Å². The monoisotopic (exact) mass is 311 g/mol. The minimum atomic E-state index is -0.0186. The van der Waals surface area contributed by atoms with Gasteiger partial charge in [0, 0.05) is 16.8 Å². The number of rotatable bonds is 4. The molecule has 0 fully saturated rings. The van der Waals surface area contributed by atoms with Crippen molar-refractivity contribution < 1.29 is 9.53 Å². The number of nitrogens with zero attached hydrogens (tertiary/aromatic N) is 1. The molecule has 0 aliphatic carbocycles. The van der Waals surface area contributed by atoms with Crippen molar-refractivity contribution in [2.75, 3.05) is 0 Å². The Morgan fingerprint density at radius 3 is 3.00 bits per heavy atom. The van der Waals surface area contributed by atoms with Gasteiger partial charge in [-0.25, -0.2) is 4.98 Å². The van der Waals surface area contributed by atoms with Gasteiger partial charge in [0.2, 0.25) is 0 Å². The smallest absolute Gasteiger partial charge is 0.178 e. The van der Waals surface area contributed by atoms with E-state index in [1.54, 1.807) is 5.38 Å². The number of ketones is 1. The van der Waals surface area contributed by atoms with E-state index in [4.69, 9.17) is 4.74 Å². The summed E-state index contributed by atoms with van der Waals surface area (Å²) < 4.78 is 6.54. The molecule has 0 aliphatic rings. The Kier molecular flexibility index (Phi) is 3.91. The summed E-state index contributed by atoms with van der Waals surface area (Å²) in [5.41, 5.74) is 0.503. The first-order valence-electron chi connectivity index (χ1n) is 4.99. The van der Waals surface area contributed by atoms with Crippen molar-refractivity contribution in [2.45, 2.75) is 13.5 Å². The Hall–Kier alpha value is -1.20. The van der Waals surface area contributed by atoms with Crippen LogP contribution in [0, 0.1) is 0 Å². The summed E-state index contributed by atoms with van der Waals surface area (Å²) in [6, 6.07) is 7.61. The Morgan fingerprint density at radius 1 is 1.53 bits per heavy atom. The molecule has 0 atom stereocenters. The Bertz CT molecular complexity index is 539. The van der Waals surface area contributed by atoms with Crippen molar-refractivity contribution >= 4 is 33.0 Å². The van der Waals surface area contributed by atoms with Crippen LogP contribution in [-0.4, -0.2) is 10.8 Å². The number of hydrogen-bond acceptors (Lipinski definition) is 4. The fourth-order valence-electron chi connectivity index (χ4n) is 1.24. The van der Waals surface area contributed by atoms with Crippen molar-refractivity contribution in [3.63, 3.8) is 0 Å². The van der Waals surface area contributed by atoms with Crippen molar-refractivity contribution in [3.05, 3.63) is 44.8 Å². The predicted octanol–water partition coefficient (Wildman–Crippen LogP) is 3.69. The number of carbonyl (C=O) groups excluding carboxylic acids is 1. The number of hydrogen-bond donors (Lipinski definition) is 0. The summed E-state index contributed by atoms with van der Waals surface area (Å²) in [6.07, 6.45) is 0. The molecule has 1 aromatic heterocycles. The van der Waals surface area contributed by atoms with Gasteiger partial charge in [-0.05, 0) is 18.2 Å². The van der Waals surface area contributed by atoms with Crippen LogP contribution in [0.5, 0.6) is 5.75 Å². The van der Waals surface area contributed by atoms with E-state index in [-0.39, 0.29) is 5.78 Å². The van der Waals surface area contributed by atoms with Crippen molar-refractivity contribution in [2.24, 2.45) is 0 Å². The first-order valence-corrected chi connectivity index (χ1v) is 6.66. The van der Waals surface area contributed by atoms with E-state index < -0.39 is 0 Å². The largest absolute Gasteiger partial charge is 0.486 e. The standard InChI is InChI=1S/C12H10BrNO2S/c1-8(15)11-7-17-12(14-11)6-16-10-4-2-3-9(13)5-10/h2-5,7H,6H2,1H3. The van der Waals surface area contributed by atoms with Crippen LogP contribution in [0.4, 0.5) is 0 Å². The highest BCUT2D eigenvalue weighted by Crippen LogP contribution is 2.19. The molecule has 1 aromatic carbocycles. The van der Waals surface area contributed by atoms with E-state index in [0.29, 0.717) is 12.3 Å². The lowest BCUT2D eigenvalue weighted by atomic mass is 10.3. The van der Waals surface area contributed by atoms with Crippen molar-refractivity contribution in [1.82, 2.24) is 4.98 Å². The maximum atomic E-state index is 11.1. The summed E-state index contributed by atoms with van der Waals surface area (Å²) in [5.74, 6) is 0.758. The first-order chi connectivity index (χ1) is 8.15. The normalized spacial score (nSPS) is 10.2. The number of thiazole rings is 1. The third-order valence-corrected chi connectivity index (χ3v) is 3.39. The number of halogens is 1. The molecule has 0 spiro atoms. The summed E-state index contributed by atoms with van der Waals surface area (Å²) in [7, 11) is 0. The zero-order valence-corrected chi connectivity index (χ0v) is 11.5. The van der Waals surface area contributed by atoms with Gasteiger partial charge >= 0.3 is 0 Å². The van der Waals surface area contributed by atoms with Crippen LogP contribution < -0.4 is 4.74 Å². The predicted molar refractivity (Wildman–Crippen MR) is 70.6 cm³/mol. The molecule has 0 saturated heterocycles. The molecule has 0 aliphatic heterocycles. The molecule has 88 valence electrons. The number of ether oxygens (including phenoxy) is 1. The molecule has 0 bridgehead atoms. The van der Waals surface area contributed by atoms with Gasteiger partial charge in [0.05, 0.1) is 0 Å². The molecule has 0 saturated carbocycles. The highest BCUT2D eigenvalue weighted by molar-refractivity contribution is 9.10. The van der Waals surface area contributed by atoms with Gasteiger partial charge in [-0.1, -0.05) is 22.0 Å². The Balaban J connectivity index is 2.00. The fourth-order valence-corrected chi connectivity index (χ4v) is 2.36. The molecule has 2 rings (SSSR count). The number of Topliss-reactive ketones (excluding diaryl/α,β-unsaturated/α-hetero) is 1. The van der Waals surface area contributed by atoms with E-state index in [1.807, 2.05) is 24.3 Å². The lowest BCUT2D eigenvalue weighted by Gasteiger charge is -2.03. The average molecular weight is 312 g/mol. The highest BCUT2D eigenvalue weighted by Gasteiger charge is 2.06. The lowest BCUT2D eigenvalue weighted by molar-refractivity contribution is 0.101. The Morgan fingerprint density at radius 2 is 2.35 bits per heavy atom. The van der Waals surface area contributed by atoms with Crippen LogP contribution >= 0.6 is 27.3 Å². The molecule has 17 heavy (non-hydrogen) atoms. The van der Waals surface area contributed by atoms with Crippen LogP contribution in [0.3, 0.4) is 0 Å². The maximum Gasteiger partial charge on any atom is 0.178 e. The summed E-state index contributed by atoms with van der Waals surface area (Å²) in [5, 5.41) is 2.55. The number of aromatic nitrogens is 1. The molecule has 0 unspecified atom stereocenters. The van der Waals surface area contributed by atoms with E-state index >= 15 is 0 Å². The summed E-state index contributed by atoms with van der Waals surface area (Å²) in [6.45, 7) is 1.89. The van der Waals surface area contributed by atoms with Gasteiger partial charge in [-0.15, -0.1) is 11.3 Å².